The van der Waals surface area contributed by atoms with Crippen molar-refractivity contribution in [3.63, 3.8) is 0 Å². The Morgan fingerprint density at radius 1 is 1.60 bits per heavy atom. The third-order valence-electron chi connectivity index (χ3n) is 2.33. The number of aliphatic hydroxyl groups excluding tert-OH is 1. The third-order valence-corrected chi connectivity index (χ3v) is 3.19. The van der Waals surface area contributed by atoms with E-state index in [1.54, 1.807) is 0 Å². The second kappa shape index (κ2) is 5.88. The Kier molecular flexibility index (Phi) is 4.78. The maximum atomic E-state index is 11.7. The molecule has 0 aliphatic rings. The smallest absolute Gasteiger partial charge is 0.252 e. The van der Waals surface area contributed by atoms with E-state index in [2.05, 4.69) is 5.32 Å². The summed E-state index contributed by atoms with van der Waals surface area (Å²) in [6.07, 6.45) is 0.725. The monoisotopic (exact) mass is 227 g/mol. The van der Waals surface area contributed by atoms with Crippen LogP contribution in [0.3, 0.4) is 0 Å². The number of rotatable bonds is 5. The van der Waals surface area contributed by atoms with Crippen molar-refractivity contribution in [3.8, 4) is 0 Å². The van der Waals surface area contributed by atoms with Gasteiger partial charge in [0.25, 0.3) is 5.91 Å². The van der Waals surface area contributed by atoms with Crippen LogP contribution in [0.1, 0.15) is 29.3 Å². The Morgan fingerprint density at radius 3 is 2.87 bits per heavy atom. The van der Waals surface area contributed by atoms with E-state index in [0.29, 0.717) is 12.5 Å². The van der Waals surface area contributed by atoms with Gasteiger partial charge in [0, 0.05) is 18.5 Å². The second-order valence-electron chi connectivity index (χ2n) is 3.80. The summed E-state index contributed by atoms with van der Waals surface area (Å²) in [7, 11) is 0. The highest BCUT2D eigenvalue weighted by molar-refractivity contribution is 7.08. The van der Waals surface area contributed by atoms with Gasteiger partial charge in [-0.15, -0.1) is 0 Å². The van der Waals surface area contributed by atoms with Crippen LogP contribution in [0.2, 0.25) is 0 Å². The van der Waals surface area contributed by atoms with Crippen molar-refractivity contribution in [3.05, 3.63) is 21.9 Å². The van der Waals surface area contributed by atoms with Crippen molar-refractivity contribution in [2.24, 2.45) is 5.92 Å². The molecule has 0 bridgehead atoms. The summed E-state index contributed by atoms with van der Waals surface area (Å²) in [5.74, 6) is 0.302. The molecule has 1 unspecified atom stereocenters. The molecule has 3 nitrogen and oxygen atoms in total. The zero-order chi connectivity index (χ0) is 11.3. The van der Waals surface area contributed by atoms with Crippen LogP contribution in [0.15, 0.2) is 10.8 Å². The summed E-state index contributed by atoms with van der Waals surface area (Å²) >= 11 is 1.54. The molecule has 0 radical (unpaired) electrons. The van der Waals surface area contributed by atoms with E-state index in [1.807, 2.05) is 24.6 Å². The van der Waals surface area contributed by atoms with Crippen LogP contribution in [0, 0.1) is 12.8 Å². The molecule has 1 rings (SSSR count). The lowest BCUT2D eigenvalue weighted by Crippen LogP contribution is -2.28. The van der Waals surface area contributed by atoms with Gasteiger partial charge in [0.2, 0.25) is 0 Å². The van der Waals surface area contributed by atoms with Crippen LogP contribution in [-0.4, -0.2) is 24.2 Å². The van der Waals surface area contributed by atoms with Crippen LogP contribution in [-0.2, 0) is 0 Å². The fourth-order valence-corrected chi connectivity index (χ4v) is 2.11. The summed E-state index contributed by atoms with van der Waals surface area (Å²) in [4.78, 5) is 11.7. The first-order chi connectivity index (χ1) is 7.15. The summed E-state index contributed by atoms with van der Waals surface area (Å²) in [5.41, 5.74) is 1.78. The number of nitrogens with one attached hydrogen (secondary N) is 1. The van der Waals surface area contributed by atoms with Crippen LogP contribution in [0.25, 0.3) is 0 Å². The highest BCUT2D eigenvalue weighted by atomic mass is 32.1. The van der Waals surface area contributed by atoms with Crippen LogP contribution in [0.5, 0.6) is 0 Å². The molecular formula is C11H17NO2S. The Labute approximate surface area is 94.1 Å². The molecule has 1 aromatic heterocycles. The first kappa shape index (κ1) is 12.2. The van der Waals surface area contributed by atoms with E-state index in [-0.39, 0.29) is 12.5 Å². The van der Waals surface area contributed by atoms with E-state index in [0.717, 1.165) is 17.5 Å². The first-order valence-electron chi connectivity index (χ1n) is 5.07. The maximum Gasteiger partial charge on any atom is 0.252 e. The summed E-state index contributed by atoms with van der Waals surface area (Å²) in [6.45, 7) is 4.74. The highest BCUT2D eigenvalue weighted by Gasteiger charge is 2.10. The van der Waals surface area contributed by atoms with Gasteiger partial charge in [0.05, 0.1) is 5.56 Å². The number of thiophene rings is 1. The molecule has 1 atom stereocenters. The molecule has 1 aromatic rings. The molecular weight excluding hydrogens is 210 g/mol. The molecule has 1 amide bonds. The van der Waals surface area contributed by atoms with Gasteiger partial charge in [0.1, 0.15) is 0 Å². The van der Waals surface area contributed by atoms with Crippen molar-refractivity contribution in [2.75, 3.05) is 13.2 Å². The molecule has 4 heteroatoms. The van der Waals surface area contributed by atoms with E-state index >= 15 is 0 Å². The summed E-state index contributed by atoms with van der Waals surface area (Å²) in [6, 6.07) is 0. The number of carbonyl (C=O) groups excluding carboxylic acids is 1. The maximum absolute atomic E-state index is 11.7. The second-order valence-corrected chi connectivity index (χ2v) is 4.54. The van der Waals surface area contributed by atoms with Crippen molar-refractivity contribution in [1.29, 1.82) is 0 Å². The summed E-state index contributed by atoms with van der Waals surface area (Å²) < 4.78 is 0. The average Bonchev–Trinajstić information content (AvgIpc) is 2.61. The van der Waals surface area contributed by atoms with Gasteiger partial charge in [-0.2, -0.15) is 11.3 Å². The van der Waals surface area contributed by atoms with Crippen molar-refractivity contribution >= 4 is 17.2 Å². The van der Waals surface area contributed by atoms with Crippen LogP contribution in [0.4, 0.5) is 0 Å². The van der Waals surface area contributed by atoms with Gasteiger partial charge < -0.3 is 10.4 Å². The predicted octanol–water partition coefficient (Wildman–Crippen LogP) is 1.80. The number of hydrogen-bond donors (Lipinski definition) is 2. The summed E-state index contributed by atoms with van der Waals surface area (Å²) in [5, 5.41) is 15.4. The van der Waals surface area contributed by atoms with Crippen molar-refractivity contribution in [2.45, 2.75) is 20.3 Å². The fourth-order valence-electron chi connectivity index (χ4n) is 1.28. The molecule has 2 N–H and O–H groups in total. The molecule has 1 heterocycles. The number of aryl methyl sites for hydroxylation is 1. The Bertz CT molecular complexity index is 322. The lowest BCUT2D eigenvalue weighted by molar-refractivity contribution is 0.0945. The minimum atomic E-state index is -0.0152. The molecule has 0 spiro atoms. The van der Waals surface area contributed by atoms with Gasteiger partial charge in [-0.25, -0.2) is 0 Å². The standard InChI is InChI=1S/C11H17NO2S/c1-8(3-4-13)5-12-11(14)10-7-15-6-9(10)2/h6-8,13H,3-5H2,1-2H3,(H,12,14). The zero-order valence-electron chi connectivity index (χ0n) is 9.12. The lowest BCUT2D eigenvalue weighted by Gasteiger charge is -2.10. The largest absolute Gasteiger partial charge is 0.396 e. The molecule has 0 aliphatic carbocycles. The Morgan fingerprint density at radius 2 is 2.33 bits per heavy atom. The molecule has 0 saturated carbocycles. The minimum absolute atomic E-state index is 0.0152. The molecule has 0 saturated heterocycles. The first-order valence-corrected chi connectivity index (χ1v) is 6.01. The van der Waals surface area contributed by atoms with E-state index < -0.39 is 0 Å². The molecule has 0 aliphatic heterocycles. The molecule has 15 heavy (non-hydrogen) atoms. The normalized spacial score (nSPS) is 12.5. The van der Waals surface area contributed by atoms with Gasteiger partial charge in [-0.1, -0.05) is 6.92 Å². The average molecular weight is 227 g/mol. The van der Waals surface area contributed by atoms with Crippen molar-refractivity contribution in [1.82, 2.24) is 5.32 Å². The molecule has 0 aromatic carbocycles. The Balaban J connectivity index is 2.40. The van der Waals surface area contributed by atoms with Gasteiger partial charge in [-0.3, -0.25) is 4.79 Å². The zero-order valence-corrected chi connectivity index (χ0v) is 9.93. The number of carbonyl (C=O) groups is 1. The Hall–Kier alpha value is -0.870. The van der Waals surface area contributed by atoms with E-state index in [4.69, 9.17) is 5.11 Å². The van der Waals surface area contributed by atoms with E-state index in [9.17, 15) is 4.79 Å². The third kappa shape index (κ3) is 3.64. The minimum Gasteiger partial charge on any atom is -0.396 e. The van der Waals surface area contributed by atoms with Gasteiger partial charge in [-0.05, 0) is 30.2 Å². The highest BCUT2D eigenvalue weighted by Crippen LogP contribution is 2.13. The topological polar surface area (TPSA) is 49.3 Å². The molecule has 84 valence electrons. The van der Waals surface area contributed by atoms with Gasteiger partial charge >= 0.3 is 0 Å². The fraction of sp³-hybridized carbons (Fsp3) is 0.545. The lowest BCUT2D eigenvalue weighted by atomic mass is 10.1. The number of aliphatic hydroxyl groups is 1. The van der Waals surface area contributed by atoms with Crippen molar-refractivity contribution < 1.29 is 9.90 Å². The SMILES string of the molecule is Cc1cscc1C(=O)NCC(C)CCO. The number of hydrogen-bond acceptors (Lipinski definition) is 3. The van der Waals surface area contributed by atoms with Crippen LogP contribution >= 0.6 is 11.3 Å². The quantitative estimate of drug-likeness (QED) is 0.806. The predicted molar refractivity (Wildman–Crippen MR) is 62.3 cm³/mol. The van der Waals surface area contributed by atoms with E-state index in [1.165, 1.54) is 11.3 Å². The van der Waals surface area contributed by atoms with Gasteiger partial charge in [0.15, 0.2) is 0 Å². The van der Waals surface area contributed by atoms with Crippen LogP contribution < -0.4 is 5.32 Å². The number of amides is 1. The molecule has 0 fully saturated rings.